The van der Waals surface area contributed by atoms with Gasteiger partial charge in [0.05, 0.1) is 12.4 Å². The fraction of sp³-hybridized carbons (Fsp3) is 0.273. The van der Waals surface area contributed by atoms with Crippen LogP contribution in [0.5, 0.6) is 0 Å². The van der Waals surface area contributed by atoms with Crippen molar-refractivity contribution in [1.82, 2.24) is 10.2 Å². The van der Waals surface area contributed by atoms with E-state index in [4.69, 9.17) is 20.8 Å². The first kappa shape index (κ1) is 14.0. The molecule has 0 radical (unpaired) electrons. The Morgan fingerprint density at radius 3 is 2.58 bits per heavy atom. The fourth-order valence-corrected chi connectivity index (χ4v) is 2.38. The first-order chi connectivity index (χ1) is 9.03. The van der Waals surface area contributed by atoms with Gasteiger partial charge in [0.1, 0.15) is 0 Å². The van der Waals surface area contributed by atoms with Crippen molar-refractivity contribution in [3.8, 4) is 11.5 Å². The van der Waals surface area contributed by atoms with E-state index in [2.05, 4.69) is 10.2 Å². The van der Waals surface area contributed by atoms with Gasteiger partial charge in [-0.05, 0) is 24.3 Å². The van der Waals surface area contributed by atoms with E-state index in [1.54, 1.807) is 24.3 Å². The SMILES string of the molecule is COCCS(=O)(=O)c1nnc(-c2ccc(Cl)cc2)o1. The van der Waals surface area contributed by atoms with Crippen molar-refractivity contribution in [3.05, 3.63) is 29.3 Å². The topological polar surface area (TPSA) is 82.3 Å². The normalized spacial score (nSPS) is 11.7. The number of rotatable bonds is 5. The summed E-state index contributed by atoms with van der Waals surface area (Å²) in [6.07, 6.45) is 0. The van der Waals surface area contributed by atoms with E-state index in [-0.39, 0.29) is 18.3 Å². The van der Waals surface area contributed by atoms with E-state index in [9.17, 15) is 8.42 Å². The van der Waals surface area contributed by atoms with E-state index >= 15 is 0 Å². The summed E-state index contributed by atoms with van der Waals surface area (Å²) in [6.45, 7) is 0.0704. The van der Waals surface area contributed by atoms with Gasteiger partial charge in [-0.2, -0.15) is 0 Å². The molecule has 0 aliphatic carbocycles. The summed E-state index contributed by atoms with van der Waals surface area (Å²) >= 11 is 5.76. The minimum atomic E-state index is -3.61. The van der Waals surface area contributed by atoms with Gasteiger partial charge < -0.3 is 9.15 Å². The molecule has 2 aromatic rings. The molecule has 0 atom stereocenters. The van der Waals surface area contributed by atoms with Crippen LogP contribution in [-0.2, 0) is 14.6 Å². The minimum Gasteiger partial charge on any atom is -0.408 e. The molecular formula is C11H11ClN2O4S. The second-order valence-electron chi connectivity index (χ2n) is 3.69. The second kappa shape index (κ2) is 5.68. The summed E-state index contributed by atoms with van der Waals surface area (Å²) in [6, 6.07) is 6.64. The predicted octanol–water partition coefficient (Wildman–Crippen LogP) is 1.81. The Bertz CT molecular complexity index is 652. The minimum absolute atomic E-state index is 0.0704. The lowest BCUT2D eigenvalue weighted by molar-refractivity contribution is 0.216. The summed E-state index contributed by atoms with van der Waals surface area (Å²) in [5.41, 5.74) is 0.602. The molecule has 6 nitrogen and oxygen atoms in total. The van der Waals surface area contributed by atoms with Crippen molar-refractivity contribution in [2.45, 2.75) is 5.22 Å². The van der Waals surface area contributed by atoms with Crippen molar-refractivity contribution in [1.29, 1.82) is 0 Å². The molecule has 0 fully saturated rings. The number of hydrogen-bond acceptors (Lipinski definition) is 6. The molecular weight excluding hydrogens is 292 g/mol. The van der Waals surface area contributed by atoms with Gasteiger partial charge in [-0.1, -0.05) is 16.7 Å². The summed E-state index contributed by atoms with van der Waals surface area (Å²) in [4.78, 5) is 0. The molecule has 2 rings (SSSR count). The van der Waals surface area contributed by atoms with Gasteiger partial charge in [-0.15, -0.1) is 5.10 Å². The Morgan fingerprint density at radius 2 is 1.95 bits per heavy atom. The van der Waals surface area contributed by atoms with Gasteiger partial charge in [-0.3, -0.25) is 0 Å². The van der Waals surface area contributed by atoms with Crippen LogP contribution in [0.25, 0.3) is 11.5 Å². The van der Waals surface area contributed by atoms with Crippen LogP contribution in [0.3, 0.4) is 0 Å². The molecule has 102 valence electrons. The van der Waals surface area contributed by atoms with Crippen LogP contribution in [-0.4, -0.2) is 38.1 Å². The average Bonchev–Trinajstić information content (AvgIpc) is 2.88. The molecule has 1 heterocycles. The van der Waals surface area contributed by atoms with E-state index in [0.29, 0.717) is 10.6 Å². The van der Waals surface area contributed by atoms with Crippen molar-refractivity contribution in [2.24, 2.45) is 0 Å². The Hall–Kier alpha value is -1.44. The lowest BCUT2D eigenvalue weighted by atomic mass is 10.2. The van der Waals surface area contributed by atoms with E-state index in [0.717, 1.165) is 0 Å². The number of hydrogen-bond donors (Lipinski definition) is 0. The van der Waals surface area contributed by atoms with Crippen LogP contribution in [0.2, 0.25) is 5.02 Å². The maximum atomic E-state index is 11.8. The van der Waals surface area contributed by atoms with Gasteiger partial charge in [0, 0.05) is 17.7 Å². The Kier molecular flexibility index (Phi) is 4.18. The average molecular weight is 303 g/mol. The maximum Gasteiger partial charge on any atom is 0.335 e. The highest BCUT2D eigenvalue weighted by Crippen LogP contribution is 2.22. The van der Waals surface area contributed by atoms with Gasteiger partial charge in [-0.25, -0.2) is 8.42 Å². The van der Waals surface area contributed by atoms with Gasteiger partial charge in [0.15, 0.2) is 0 Å². The predicted molar refractivity (Wildman–Crippen MR) is 68.7 cm³/mol. The number of nitrogens with zero attached hydrogens (tertiary/aromatic N) is 2. The highest BCUT2D eigenvalue weighted by Gasteiger charge is 2.22. The van der Waals surface area contributed by atoms with Crippen LogP contribution in [0.15, 0.2) is 33.9 Å². The summed E-state index contributed by atoms with van der Waals surface area (Å²) in [5.74, 6) is -0.0705. The number of sulfone groups is 1. The van der Waals surface area contributed by atoms with Crippen molar-refractivity contribution in [3.63, 3.8) is 0 Å². The zero-order valence-electron chi connectivity index (χ0n) is 10.0. The molecule has 0 N–H and O–H groups in total. The zero-order valence-corrected chi connectivity index (χ0v) is 11.6. The number of benzene rings is 1. The van der Waals surface area contributed by atoms with Crippen LogP contribution in [0.4, 0.5) is 0 Å². The molecule has 19 heavy (non-hydrogen) atoms. The monoisotopic (exact) mass is 302 g/mol. The molecule has 0 unspecified atom stereocenters. The number of aromatic nitrogens is 2. The maximum absolute atomic E-state index is 11.8. The van der Waals surface area contributed by atoms with Crippen molar-refractivity contribution in [2.75, 3.05) is 19.5 Å². The highest BCUT2D eigenvalue weighted by atomic mass is 35.5. The standard InChI is InChI=1S/C11H11ClN2O4S/c1-17-6-7-19(15,16)11-14-13-10(18-11)8-2-4-9(12)5-3-8/h2-5H,6-7H2,1H3. The van der Waals surface area contributed by atoms with Crippen LogP contribution in [0, 0.1) is 0 Å². The first-order valence-electron chi connectivity index (χ1n) is 5.34. The molecule has 8 heteroatoms. The Labute approximate surface area is 115 Å². The molecule has 1 aromatic carbocycles. The number of ether oxygens (including phenoxy) is 1. The Morgan fingerprint density at radius 1 is 1.26 bits per heavy atom. The first-order valence-corrected chi connectivity index (χ1v) is 7.37. The van der Waals surface area contributed by atoms with Crippen molar-refractivity contribution < 1.29 is 17.6 Å². The van der Waals surface area contributed by atoms with Gasteiger partial charge in [0.25, 0.3) is 0 Å². The van der Waals surface area contributed by atoms with Crippen LogP contribution < -0.4 is 0 Å². The lowest BCUT2D eigenvalue weighted by Crippen LogP contribution is -2.11. The molecule has 0 saturated carbocycles. The quantitative estimate of drug-likeness (QED) is 0.837. The van der Waals surface area contributed by atoms with Gasteiger partial charge in [0.2, 0.25) is 15.7 Å². The van der Waals surface area contributed by atoms with Crippen LogP contribution in [0.1, 0.15) is 0 Å². The van der Waals surface area contributed by atoms with E-state index < -0.39 is 15.1 Å². The van der Waals surface area contributed by atoms with Crippen LogP contribution >= 0.6 is 11.6 Å². The molecule has 0 saturated heterocycles. The summed E-state index contributed by atoms with van der Waals surface area (Å²) < 4.78 is 33.5. The molecule has 0 aliphatic rings. The third-order valence-corrected chi connectivity index (χ3v) is 3.97. The van der Waals surface area contributed by atoms with Gasteiger partial charge >= 0.3 is 5.22 Å². The molecule has 0 aliphatic heterocycles. The Balaban J connectivity index is 2.26. The third-order valence-electron chi connectivity index (χ3n) is 2.32. The van der Waals surface area contributed by atoms with E-state index in [1.165, 1.54) is 7.11 Å². The molecule has 0 spiro atoms. The number of halogens is 1. The largest absolute Gasteiger partial charge is 0.408 e. The molecule has 0 amide bonds. The lowest BCUT2D eigenvalue weighted by Gasteiger charge is -1.97. The van der Waals surface area contributed by atoms with Crippen molar-refractivity contribution >= 4 is 21.4 Å². The fourth-order valence-electron chi connectivity index (χ4n) is 1.32. The summed E-state index contributed by atoms with van der Waals surface area (Å²) in [5, 5.41) is 7.42. The molecule has 1 aromatic heterocycles. The summed E-state index contributed by atoms with van der Waals surface area (Å²) in [7, 11) is -2.19. The van der Waals surface area contributed by atoms with E-state index in [1.807, 2.05) is 0 Å². The molecule has 0 bridgehead atoms. The number of methoxy groups -OCH3 is 1. The zero-order chi connectivity index (χ0) is 13.9. The smallest absolute Gasteiger partial charge is 0.335 e. The highest BCUT2D eigenvalue weighted by molar-refractivity contribution is 7.91. The third kappa shape index (κ3) is 3.31. The second-order valence-corrected chi connectivity index (χ2v) is 6.12.